The molecule has 0 amide bonds. The van der Waals surface area contributed by atoms with Gasteiger partial charge in [-0.15, -0.1) is 25.0 Å². The maximum absolute atomic E-state index is 13.6. The van der Waals surface area contributed by atoms with Crippen molar-refractivity contribution in [2.75, 3.05) is 41.2 Å². The molecule has 0 saturated carbocycles. The molecule has 592 valence electrons. The molecule has 106 heavy (non-hydrogen) atoms. The van der Waals surface area contributed by atoms with Gasteiger partial charge in [0.1, 0.15) is 29.5 Å². The van der Waals surface area contributed by atoms with Crippen LogP contribution in [-0.2, 0) is 61.3 Å². The van der Waals surface area contributed by atoms with Crippen molar-refractivity contribution in [3.63, 3.8) is 0 Å². The monoisotopic (exact) mass is 1500 g/mol. The Labute approximate surface area is 645 Å². The molecule has 3 aliphatic heterocycles. The van der Waals surface area contributed by atoms with Crippen LogP contribution < -0.4 is 14.2 Å². The Morgan fingerprint density at radius 1 is 0.557 bits per heavy atom. The molecule has 13 nitrogen and oxygen atoms in total. The average molecular weight is 1500 g/mol. The molecule has 3 saturated heterocycles. The Hall–Kier alpha value is -4.86. The minimum absolute atomic E-state index is 0.0544. The number of Topliss-reactive ketones (excluding diaryl/α,β-unsaturated/α-hetero) is 1. The topological polar surface area (TPSA) is 139 Å². The summed E-state index contributed by atoms with van der Waals surface area (Å²) in [5.74, 6) is 16.2. The number of allylic oxidation sites excluding steroid dienone is 3. The predicted octanol–water partition coefficient (Wildman–Crippen LogP) is 23.0. The van der Waals surface area contributed by atoms with Gasteiger partial charge in [-0.3, -0.25) is 4.79 Å². The van der Waals surface area contributed by atoms with Gasteiger partial charge in [-0.05, 0) is 210 Å². The summed E-state index contributed by atoms with van der Waals surface area (Å²) >= 11 is 0. The molecule has 4 unspecified atom stereocenters. The number of ether oxygens (including phenoxy) is 9. The number of hydrogen-bond donors (Lipinski definition) is 1. The van der Waals surface area contributed by atoms with E-state index in [0.29, 0.717) is 31.5 Å². The standard InChI is InChI=1S/C33H52O5Si.C32H52O4Si.C26H38O4/c1-8-9-10-14-24(37-30-17-11-12-20-36-30)18-19-26-28(34)22-23-21-27-25(15-13-16-29(27)35-5)32(31(23)26)38-39(6,7)33(2,3)4;1-9-11-12-19-26(35-31-24-15-16-25-34-31)20-13-14-22-30(36-37(7,8)32(3,4)5)28-21-17-23-29(33-6)27(28)18-10-2;1-4-6-7-14-21(30-26-19-10-11-20-29-26)15-8-9-17-24(27)22-16-12-18-25(28-3)23(22)13-5-2/h13,15-16,23-24,30,32H,8-12,14,17-22H2,1-7H3;10,17,21,23,26,30-31H,2,9,11-13,15-16,18-20,24-25H2,1,3-8H3;5,12,16,18,21,24,26-27H,2,4,6-8,10-11,13-15,19-20H2,1,3H3/t23?,24-,30?,32+;26-,30-,31?;21-,24-,26?/m000/s1. The summed E-state index contributed by atoms with van der Waals surface area (Å²) in [6.45, 7) is 39.7. The number of hydrogen-bond acceptors (Lipinski definition) is 13. The molecule has 0 bridgehead atoms. The molecular weight excluding hydrogens is 1360 g/mol. The minimum Gasteiger partial charge on any atom is -0.496 e. The van der Waals surface area contributed by atoms with Crippen LogP contribution in [0.1, 0.15) is 294 Å². The fraction of sp³-hybridized carbons (Fsp3) is 0.681. The van der Waals surface area contributed by atoms with E-state index in [4.69, 9.17) is 51.5 Å². The number of carbonyl (C=O) groups is 1. The smallest absolute Gasteiger partial charge is 0.194 e. The Morgan fingerprint density at radius 2 is 1.00 bits per heavy atom. The Kier molecular flexibility index (Phi) is 39.7. The highest BCUT2D eigenvalue weighted by Gasteiger charge is 2.47. The molecule has 3 aromatic rings. The molecule has 3 heterocycles. The van der Waals surface area contributed by atoms with Crippen molar-refractivity contribution < 1.29 is 61.4 Å². The van der Waals surface area contributed by atoms with E-state index < -0.39 is 22.7 Å². The van der Waals surface area contributed by atoms with E-state index in [1.165, 1.54) is 80.9 Å². The van der Waals surface area contributed by atoms with Crippen molar-refractivity contribution in [3.8, 4) is 40.9 Å². The highest BCUT2D eigenvalue weighted by molar-refractivity contribution is 6.74. The molecule has 5 aliphatic rings. The lowest BCUT2D eigenvalue weighted by Crippen LogP contribution is -2.43. The number of aliphatic hydroxyl groups excluding tert-OH is 1. The first kappa shape index (κ1) is 90.0. The van der Waals surface area contributed by atoms with Crippen LogP contribution in [0.5, 0.6) is 17.2 Å². The van der Waals surface area contributed by atoms with Crippen LogP contribution in [0, 0.1) is 29.6 Å². The molecule has 0 aromatic heterocycles. The first-order valence-corrected chi connectivity index (χ1v) is 47.0. The van der Waals surface area contributed by atoms with Gasteiger partial charge in [0.15, 0.2) is 41.3 Å². The first-order chi connectivity index (χ1) is 50.9. The van der Waals surface area contributed by atoms with Crippen LogP contribution >= 0.6 is 0 Å². The number of fused-ring (bicyclic) bond motifs is 2. The summed E-state index contributed by atoms with van der Waals surface area (Å²) in [4.78, 5) is 13.6. The van der Waals surface area contributed by atoms with Crippen molar-refractivity contribution in [2.45, 2.75) is 353 Å². The zero-order valence-electron chi connectivity index (χ0n) is 68.9. The van der Waals surface area contributed by atoms with Gasteiger partial charge in [-0.25, -0.2) is 0 Å². The normalized spacial score (nSPS) is 20.4. The quantitative estimate of drug-likeness (QED) is 0.0252. The van der Waals surface area contributed by atoms with Crippen molar-refractivity contribution in [1.82, 2.24) is 0 Å². The van der Waals surface area contributed by atoms with Crippen molar-refractivity contribution in [2.24, 2.45) is 5.92 Å². The van der Waals surface area contributed by atoms with Gasteiger partial charge in [0, 0.05) is 55.8 Å². The lowest BCUT2D eigenvalue weighted by molar-refractivity contribution is -0.190. The molecule has 2 aliphatic carbocycles. The summed E-state index contributed by atoms with van der Waals surface area (Å²) in [5.41, 5.74) is 8.56. The fourth-order valence-electron chi connectivity index (χ4n) is 14.4. The molecule has 15 heteroatoms. The van der Waals surface area contributed by atoms with E-state index in [1.807, 2.05) is 48.6 Å². The van der Waals surface area contributed by atoms with Gasteiger partial charge in [0.25, 0.3) is 0 Å². The van der Waals surface area contributed by atoms with E-state index in [1.54, 1.807) is 21.3 Å². The number of methoxy groups -OCH3 is 3. The van der Waals surface area contributed by atoms with Crippen LogP contribution in [0.2, 0.25) is 36.3 Å². The molecular formula is C91H142O13Si2. The van der Waals surface area contributed by atoms with Crippen molar-refractivity contribution in [1.29, 1.82) is 0 Å². The second kappa shape index (κ2) is 46.7. The Morgan fingerprint density at radius 3 is 1.44 bits per heavy atom. The van der Waals surface area contributed by atoms with Crippen LogP contribution in [0.15, 0.2) is 91.1 Å². The van der Waals surface area contributed by atoms with Crippen LogP contribution in [0.4, 0.5) is 0 Å². The highest BCUT2D eigenvalue weighted by Crippen LogP contribution is 2.53. The zero-order chi connectivity index (χ0) is 77.1. The molecule has 8 rings (SSSR count). The molecule has 3 fully saturated rings. The molecule has 0 radical (unpaired) electrons. The number of aliphatic hydroxyl groups is 1. The van der Waals surface area contributed by atoms with Gasteiger partial charge >= 0.3 is 0 Å². The van der Waals surface area contributed by atoms with E-state index in [0.717, 1.165) is 174 Å². The van der Waals surface area contributed by atoms with E-state index in [2.05, 4.69) is 144 Å². The van der Waals surface area contributed by atoms with Crippen LogP contribution in [0.3, 0.4) is 0 Å². The summed E-state index contributed by atoms with van der Waals surface area (Å²) < 4.78 is 67.7. The third kappa shape index (κ3) is 28.5. The Bertz CT molecular complexity index is 3250. The van der Waals surface area contributed by atoms with Gasteiger partial charge in [0.05, 0.1) is 45.7 Å². The number of benzene rings is 3. The van der Waals surface area contributed by atoms with Gasteiger partial charge in [0.2, 0.25) is 0 Å². The van der Waals surface area contributed by atoms with E-state index >= 15 is 0 Å². The lowest BCUT2D eigenvalue weighted by Gasteiger charge is -2.43. The van der Waals surface area contributed by atoms with E-state index in [-0.39, 0.29) is 65.4 Å². The average Bonchev–Trinajstić information content (AvgIpc) is 1.61. The minimum atomic E-state index is -2.12. The highest BCUT2D eigenvalue weighted by atomic mass is 28.4. The van der Waals surface area contributed by atoms with E-state index in [9.17, 15) is 9.90 Å². The second-order valence-electron chi connectivity index (χ2n) is 32.9. The van der Waals surface area contributed by atoms with Crippen molar-refractivity contribution in [3.05, 3.63) is 124 Å². The second-order valence-corrected chi connectivity index (χ2v) is 42.4. The van der Waals surface area contributed by atoms with Gasteiger partial charge < -0.3 is 56.6 Å². The summed E-state index contributed by atoms with van der Waals surface area (Å²) in [5, 5.41) is 10.8. The molecule has 10 atom stereocenters. The number of carbonyl (C=O) groups excluding carboxylic acids is 1. The third-order valence-corrected chi connectivity index (χ3v) is 31.5. The van der Waals surface area contributed by atoms with Gasteiger partial charge in [-0.1, -0.05) is 180 Å². The zero-order valence-corrected chi connectivity index (χ0v) is 70.9. The van der Waals surface area contributed by atoms with Crippen LogP contribution in [0.25, 0.3) is 0 Å². The SMILES string of the molecule is C=CCc1c(OC)cccc1[C@@H](O)C#CCC[C@H](CCCCC)OC1CCCCO1.C=CCc1c(OC)cccc1[C@H](C#CCC[C@H](CCCCC)OC1CCCCO1)O[Si](C)(C)C(C)(C)C.CCCCC[C@@H](CCC1=C2C(CC1=O)Cc1c(OC)cccc1[C@H]2O[Si](C)(C)C(C)(C)C)OC1CCCCO1. The molecule has 0 spiro atoms. The van der Waals surface area contributed by atoms with Crippen LogP contribution in [-0.4, -0.2) is 106 Å². The summed E-state index contributed by atoms with van der Waals surface area (Å²) in [6.07, 6.45) is 34.1. The first-order valence-electron chi connectivity index (χ1n) is 41.1. The summed E-state index contributed by atoms with van der Waals surface area (Å²) in [6, 6.07) is 18.1. The number of unbranched alkanes of at least 4 members (excludes halogenated alkanes) is 6. The van der Waals surface area contributed by atoms with Gasteiger partial charge in [-0.2, -0.15) is 0 Å². The number of rotatable bonds is 38. The Balaban J connectivity index is 0.000000251. The predicted molar refractivity (Wildman–Crippen MR) is 439 cm³/mol. The lowest BCUT2D eigenvalue weighted by atomic mass is 9.78. The maximum Gasteiger partial charge on any atom is 0.194 e. The largest absolute Gasteiger partial charge is 0.496 e. The third-order valence-electron chi connectivity index (χ3n) is 22.7. The van der Waals surface area contributed by atoms with Crippen molar-refractivity contribution >= 4 is 22.4 Å². The summed E-state index contributed by atoms with van der Waals surface area (Å²) in [7, 11) is 0.905. The molecule has 3 aromatic carbocycles. The fourth-order valence-corrected chi connectivity index (χ4v) is 16.7. The molecule has 1 N–H and O–H groups in total. The number of ketones is 1. The maximum atomic E-state index is 13.6.